The monoisotopic (exact) mass is 278 g/mol. The van der Waals surface area contributed by atoms with Crippen LogP contribution in [0.25, 0.3) is 0 Å². The summed E-state index contributed by atoms with van der Waals surface area (Å²) in [5.41, 5.74) is 0. The molecular weight excluding hydrogens is 248 g/mol. The Hall–Kier alpha value is -0.870. The van der Waals surface area contributed by atoms with E-state index in [1.807, 2.05) is 16.9 Å². The van der Waals surface area contributed by atoms with Crippen LogP contribution in [0.1, 0.15) is 34.1 Å². The van der Waals surface area contributed by atoms with E-state index < -0.39 is 0 Å². The second kappa shape index (κ2) is 7.23. The first-order valence-corrected chi connectivity index (χ1v) is 8.06. The van der Waals surface area contributed by atoms with Crippen LogP contribution < -0.4 is 5.32 Å². The van der Waals surface area contributed by atoms with Gasteiger partial charge in [-0.1, -0.05) is 34.1 Å². The van der Waals surface area contributed by atoms with Crippen LogP contribution in [-0.2, 0) is 6.54 Å². The minimum atomic E-state index is 0.632. The standard InChI is InChI=1S/C16H30N4/c1-5-14(4)15-12-19(16(11-17-15)13(2)3)9-10-20-8-6-7-18-20/h6-8,13-17H,5,9-12H2,1-4H3. The Bertz CT molecular complexity index is 374. The van der Waals surface area contributed by atoms with E-state index in [4.69, 9.17) is 0 Å². The van der Waals surface area contributed by atoms with Crippen LogP contribution in [0, 0.1) is 11.8 Å². The molecule has 0 bridgehead atoms. The summed E-state index contributed by atoms with van der Waals surface area (Å²) in [6.07, 6.45) is 5.16. The predicted octanol–water partition coefficient (Wildman–Crippen LogP) is 2.23. The second-order valence-corrected chi connectivity index (χ2v) is 6.48. The molecule has 1 aromatic heterocycles. The molecule has 1 aliphatic heterocycles. The number of nitrogens with one attached hydrogen (secondary N) is 1. The summed E-state index contributed by atoms with van der Waals surface area (Å²) in [5.74, 6) is 1.44. The van der Waals surface area contributed by atoms with Gasteiger partial charge in [0, 0.05) is 44.1 Å². The summed E-state index contributed by atoms with van der Waals surface area (Å²) in [6.45, 7) is 13.7. The summed E-state index contributed by atoms with van der Waals surface area (Å²) in [4.78, 5) is 2.67. The minimum absolute atomic E-state index is 0.632. The highest BCUT2D eigenvalue weighted by Crippen LogP contribution is 2.19. The molecule has 4 heteroatoms. The van der Waals surface area contributed by atoms with E-state index >= 15 is 0 Å². The maximum absolute atomic E-state index is 4.32. The van der Waals surface area contributed by atoms with Crippen molar-refractivity contribution in [3.8, 4) is 0 Å². The van der Waals surface area contributed by atoms with E-state index in [0.29, 0.717) is 18.0 Å². The zero-order valence-electron chi connectivity index (χ0n) is 13.4. The van der Waals surface area contributed by atoms with Gasteiger partial charge in [-0.05, 0) is 17.9 Å². The van der Waals surface area contributed by atoms with Gasteiger partial charge in [-0.15, -0.1) is 0 Å². The molecule has 20 heavy (non-hydrogen) atoms. The Morgan fingerprint density at radius 2 is 2.10 bits per heavy atom. The fourth-order valence-electron chi connectivity index (χ4n) is 3.10. The van der Waals surface area contributed by atoms with Gasteiger partial charge in [-0.2, -0.15) is 5.10 Å². The predicted molar refractivity (Wildman–Crippen MR) is 83.7 cm³/mol. The van der Waals surface area contributed by atoms with Gasteiger partial charge in [0.15, 0.2) is 0 Å². The van der Waals surface area contributed by atoms with Crippen molar-refractivity contribution in [2.24, 2.45) is 11.8 Å². The zero-order chi connectivity index (χ0) is 14.5. The largest absolute Gasteiger partial charge is 0.311 e. The molecule has 4 nitrogen and oxygen atoms in total. The molecule has 1 saturated heterocycles. The Balaban J connectivity index is 1.95. The van der Waals surface area contributed by atoms with Crippen molar-refractivity contribution in [2.45, 2.75) is 52.7 Å². The maximum Gasteiger partial charge on any atom is 0.0536 e. The quantitative estimate of drug-likeness (QED) is 0.866. The SMILES string of the molecule is CCC(C)C1CN(CCn2cccn2)C(C(C)C)CN1. The maximum atomic E-state index is 4.32. The van der Waals surface area contributed by atoms with Gasteiger partial charge in [-0.25, -0.2) is 0 Å². The molecule has 0 saturated carbocycles. The molecule has 114 valence electrons. The fraction of sp³-hybridized carbons (Fsp3) is 0.812. The van der Waals surface area contributed by atoms with Crippen molar-refractivity contribution in [3.05, 3.63) is 18.5 Å². The van der Waals surface area contributed by atoms with Gasteiger partial charge in [-0.3, -0.25) is 9.58 Å². The third-order valence-electron chi connectivity index (χ3n) is 4.77. The summed E-state index contributed by atoms with van der Waals surface area (Å²) < 4.78 is 2.04. The van der Waals surface area contributed by atoms with Crippen molar-refractivity contribution in [1.29, 1.82) is 0 Å². The topological polar surface area (TPSA) is 33.1 Å². The van der Waals surface area contributed by atoms with Crippen LogP contribution in [0.2, 0.25) is 0 Å². The Morgan fingerprint density at radius 3 is 2.70 bits per heavy atom. The molecule has 3 atom stereocenters. The minimum Gasteiger partial charge on any atom is -0.311 e. The van der Waals surface area contributed by atoms with Gasteiger partial charge < -0.3 is 5.32 Å². The molecule has 1 aliphatic rings. The summed E-state index contributed by atoms with van der Waals surface area (Å²) in [5, 5.41) is 8.08. The van der Waals surface area contributed by atoms with Crippen LogP contribution in [0.3, 0.4) is 0 Å². The molecule has 3 unspecified atom stereocenters. The van der Waals surface area contributed by atoms with Crippen molar-refractivity contribution < 1.29 is 0 Å². The second-order valence-electron chi connectivity index (χ2n) is 6.48. The van der Waals surface area contributed by atoms with Gasteiger partial charge in [0.25, 0.3) is 0 Å². The molecule has 1 N–H and O–H groups in total. The van der Waals surface area contributed by atoms with Gasteiger partial charge in [0.1, 0.15) is 0 Å². The molecule has 2 rings (SSSR count). The van der Waals surface area contributed by atoms with E-state index in [1.165, 1.54) is 13.0 Å². The van der Waals surface area contributed by atoms with Crippen LogP contribution in [0.15, 0.2) is 18.5 Å². The fourth-order valence-corrected chi connectivity index (χ4v) is 3.10. The first kappa shape index (κ1) is 15.5. The van der Waals surface area contributed by atoms with E-state index in [9.17, 15) is 0 Å². The van der Waals surface area contributed by atoms with Crippen LogP contribution in [0.5, 0.6) is 0 Å². The Kier molecular flexibility index (Phi) is 5.61. The third kappa shape index (κ3) is 3.83. The molecule has 1 fully saturated rings. The normalized spacial score (nSPS) is 26.1. The van der Waals surface area contributed by atoms with Crippen molar-refractivity contribution in [2.75, 3.05) is 19.6 Å². The summed E-state index contributed by atoms with van der Waals surface area (Å²) in [7, 11) is 0. The van der Waals surface area contributed by atoms with E-state index in [2.05, 4.69) is 49.2 Å². The molecule has 2 heterocycles. The first-order chi connectivity index (χ1) is 9.61. The number of aromatic nitrogens is 2. The molecular formula is C16H30N4. The number of piperazine rings is 1. The lowest BCUT2D eigenvalue weighted by molar-refractivity contribution is 0.0777. The average molecular weight is 278 g/mol. The van der Waals surface area contributed by atoms with Gasteiger partial charge in [0.05, 0.1) is 6.54 Å². The Labute approximate surface area is 123 Å². The summed E-state index contributed by atoms with van der Waals surface area (Å²) >= 11 is 0. The summed E-state index contributed by atoms with van der Waals surface area (Å²) in [6, 6.07) is 3.28. The van der Waals surface area contributed by atoms with Crippen molar-refractivity contribution in [1.82, 2.24) is 20.0 Å². The van der Waals surface area contributed by atoms with Crippen LogP contribution in [0.4, 0.5) is 0 Å². The molecule has 1 aromatic rings. The molecule has 0 amide bonds. The molecule has 0 aromatic carbocycles. The highest BCUT2D eigenvalue weighted by Gasteiger charge is 2.31. The highest BCUT2D eigenvalue weighted by atomic mass is 15.3. The number of hydrogen-bond donors (Lipinski definition) is 1. The Morgan fingerprint density at radius 1 is 1.30 bits per heavy atom. The number of nitrogens with zero attached hydrogens (tertiary/aromatic N) is 3. The smallest absolute Gasteiger partial charge is 0.0536 e. The van der Waals surface area contributed by atoms with Gasteiger partial charge in [0.2, 0.25) is 0 Å². The molecule has 0 radical (unpaired) electrons. The lowest BCUT2D eigenvalue weighted by Crippen LogP contribution is -2.60. The zero-order valence-corrected chi connectivity index (χ0v) is 13.4. The van der Waals surface area contributed by atoms with Crippen LogP contribution >= 0.6 is 0 Å². The molecule has 0 spiro atoms. The van der Waals surface area contributed by atoms with Crippen molar-refractivity contribution >= 4 is 0 Å². The van der Waals surface area contributed by atoms with E-state index in [1.54, 1.807) is 0 Å². The lowest BCUT2D eigenvalue weighted by Gasteiger charge is -2.44. The molecule has 0 aliphatic carbocycles. The number of rotatable bonds is 6. The average Bonchev–Trinajstić information content (AvgIpc) is 2.97. The van der Waals surface area contributed by atoms with E-state index in [0.717, 1.165) is 25.6 Å². The first-order valence-electron chi connectivity index (χ1n) is 8.06. The number of hydrogen-bond acceptors (Lipinski definition) is 3. The highest BCUT2D eigenvalue weighted by molar-refractivity contribution is 4.90. The van der Waals surface area contributed by atoms with E-state index in [-0.39, 0.29) is 0 Å². The lowest BCUT2D eigenvalue weighted by atomic mass is 9.92. The van der Waals surface area contributed by atoms with Crippen molar-refractivity contribution in [3.63, 3.8) is 0 Å². The third-order valence-corrected chi connectivity index (χ3v) is 4.77. The van der Waals surface area contributed by atoms with Gasteiger partial charge >= 0.3 is 0 Å². The van der Waals surface area contributed by atoms with Crippen LogP contribution in [-0.4, -0.2) is 46.4 Å².